The van der Waals surface area contributed by atoms with E-state index < -0.39 is 5.54 Å². The molecule has 82 valence electrons. The summed E-state index contributed by atoms with van der Waals surface area (Å²) in [5.74, 6) is -0.211. The van der Waals surface area contributed by atoms with Crippen LogP contribution >= 0.6 is 0 Å². The predicted octanol–water partition coefficient (Wildman–Crippen LogP) is 2.64. The summed E-state index contributed by atoms with van der Waals surface area (Å²) in [5.41, 5.74) is 2.36. The van der Waals surface area contributed by atoms with Crippen molar-refractivity contribution in [3.63, 3.8) is 0 Å². The van der Waals surface area contributed by atoms with Crippen molar-refractivity contribution in [3.05, 3.63) is 34.6 Å². The van der Waals surface area contributed by atoms with Gasteiger partial charge in [-0.25, -0.2) is 9.18 Å². The second kappa shape index (κ2) is 3.26. The number of hydrogen-bond acceptors (Lipinski definition) is 2. The molecule has 1 aromatic carbocycles. The fourth-order valence-electron chi connectivity index (χ4n) is 2.60. The maximum atomic E-state index is 13.9. The zero-order valence-corrected chi connectivity index (χ0v) is 8.92. The highest BCUT2D eigenvalue weighted by Crippen LogP contribution is 2.50. The van der Waals surface area contributed by atoms with Gasteiger partial charge in [-0.3, -0.25) is 0 Å². The molecule has 2 aliphatic carbocycles. The zero-order chi connectivity index (χ0) is 11.2. The van der Waals surface area contributed by atoms with Crippen LogP contribution in [0.15, 0.2) is 17.1 Å². The monoisotopic (exact) mass is 217 g/mol. The van der Waals surface area contributed by atoms with Gasteiger partial charge in [-0.2, -0.15) is 4.99 Å². The lowest BCUT2D eigenvalue weighted by Gasteiger charge is -2.11. The van der Waals surface area contributed by atoms with E-state index in [0.29, 0.717) is 5.56 Å². The maximum absolute atomic E-state index is 13.9. The van der Waals surface area contributed by atoms with Crippen LogP contribution in [0.2, 0.25) is 0 Å². The molecule has 0 unspecified atom stereocenters. The van der Waals surface area contributed by atoms with E-state index in [1.54, 1.807) is 12.1 Å². The standard InChI is InChI=1S/C13H12FNO/c14-12-7-10-3-1-2-9(10)6-11(12)13(4-5-13)15-8-16/h6-7H,1-5H2. The van der Waals surface area contributed by atoms with Crippen molar-refractivity contribution in [2.24, 2.45) is 4.99 Å². The summed E-state index contributed by atoms with van der Waals surface area (Å²) >= 11 is 0. The summed E-state index contributed by atoms with van der Waals surface area (Å²) in [6, 6.07) is 3.53. The Bertz CT molecular complexity index is 499. The minimum Gasteiger partial charge on any atom is -0.211 e. The molecular formula is C13H12FNO. The third-order valence-electron chi connectivity index (χ3n) is 3.67. The molecule has 1 saturated carbocycles. The van der Waals surface area contributed by atoms with E-state index in [-0.39, 0.29) is 5.82 Å². The molecule has 0 bridgehead atoms. The molecule has 2 aliphatic rings. The van der Waals surface area contributed by atoms with E-state index in [1.807, 2.05) is 6.07 Å². The molecule has 0 aliphatic heterocycles. The first-order valence-electron chi connectivity index (χ1n) is 5.66. The maximum Gasteiger partial charge on any atom is 0.235 e. The van der Waals surface area contributed by atoms with Crippen molar-refractivity contribution in [1.29, 1.82) is 0 Å². The summed E-state index contributed by atoms with van der Waals surface area (Å²) in [7, 11) is 0. The Balaban J connectivity index is 2.11. The summed E-state index contributed by atoms with van der Waals surface area (Å²) in [6.07, 6.45) is 6.18. The molecule has 0 N–H and O–H groups in total. The number of benzene rings is 1. The Morgan fingerprint density at radius 1 is 1.25 bits per heavy atom. The molecule has 0 spiro atoms. The number of aryl methyl sites for hydroxylation is 2. The Labute approximate surface area is 93.2 Å². The number of halogens is 1. The molecular weight excluding hydrogens is 205 g/mol. The van der Waals surface area contributed by atoms with E-state index in [2.05, 4.69) is 4.99 Å². The van der Waals surface area contributed by atoms with E-state index in [9.17, 15) is 9.18 Å². The van der Waals surface area contributed by atoms with Crippen molar-refractivity contribution < 1.29 is 9.18 Å². The number of isocyanates is 1. The minimum atomic E-state index is -0.580. The molecule has 16 heavy (non-hydrogen) atoms. The van der Waals surface area contributed by atoms with Crippen molar-refractivity contribution in [2.45, 2.75) is 37.6 Å². The summed E-state index contributed by atoms with van der Waals surface area (Å²) < 4.78 is 13.9. The average molecular weight is 217 g/mol. The number of nitrogens with zero attached hydrogens (tertiary/aromatic N) is 1. The van der Waals surface area contributed by atoms with Gasteiger partial charge in [-0.05, 0) is 49.3 Å². The number of carbonyl (C=O) groups excluding carboxylic acids is 1. The van der Waals surface area contributed by atoms with Gasteiger partial charge in [-0.15, -0.1) is 0 Å². The number of rotatable bonds is 2. The van der Waals surface area contributed by atoms with Crippen molar-refractivity contribution in [1.82, 2.24) is 0 Å². The number of fused-ring (bicyclic) bond motifs is 1. The van der Waals surface area contributed by atoms with Crippen LogP contribution in [0.5, 0.6) is 0 Å². The van der Waals surface area contributed by atoms with Crippen LogP contribution in [0.1, 0.15) is 36.0 Å². The fourth-order valence-corrected chi connectivity index (χ4v) is 2.60. The highest BCUT2D eigenvalue weighted by molar-refractivity contribution is 5.45. The van der Waals surface area contributed by atoms with Gasteiger partial charge < -0.3 is 0 Å². The summed E-state index contributed by atoms with van der Waals surface area (Å²) in [6.45, 7) is 0. The average Bonchev–Trinajstić information content (AvgIpc) is 2.89. The Morgan fingerprint density at radius 3 is 2.56 bits per heavy atom. The lowest BCUT2D eigenvalue weighted by molar-refractivity contribution is 0.547. The van der Waals surface area contributed by atoms with Crippen molar-refractivity contribution in [2.75, 3.05) is 0 Å². The van der Waals surface area contributed by atoms with Gasteiger partial charge in [0.2, 0.25) is 6.08 Å². The third-order valence-corrected chi connectivity index (χ3v) is 3.67. The number of hydrogen-bond donors (Lipinski definition) is 0. The first kappa shape index (κ1) is 9.73. The second-order valence-corrected chi connectivity index (χ2v) is 4.69. The Kier molecular flexibility index (Phi) is 1.98. The normalized spacial score (nSPS) is 20.1. The van der Waals surface area contributed by atoms with Crippen molar-refractivity contribution >= 4 is 6.08 Å². The fraction of sp³-hybridized carbons (Fsp3) is 0.462. The van der Waals surface area contributed by atoms with Gasteiger partial charge in [0.05, 0.1) is 0 Å². The molecule has 0 heterocycles. The molecule has 1 aromatic rings. The van der Waals surface area contributed by atoms with Crippen LogP contribution in [-0.4, -0.2) is 6.08 Å². The smallest absolute Gasteiger partial charge is 0.211 e. The summed E-state index contributed by atoms with van der Waals surface area (Å²) in [4.78, 5) is 14.1. The Hall–Kier alpha value is -1.47. The van der Waals surface area contributed by atoms with Crippen LogP contribution in [-0.2, 0) is 23.2 Å². The van der Waals surface area contributed by atoms with E-state index in [1.165, 1.54) is 5.56 Å². The van der Waals surface area contributed by atoms with Crippen molar-refractivity contribution in [3.8, 4) is 0 Å². The van der Waals surface area contributed by atoms with Crippen LogP contribution in [0, 0.1) is 5.82 Å². The molecule has 0 saturated heterocycles. The molecule has 0 aromatic heterocycles. The van der Waals surface area contributed by atoms with Crippen LogP contribution < -0.4 is 0 Å². The van der Waals surface area contributed by atoms with Gasteiger partial charge in [0.1, 0.15) is 11.4 Å². The molecule has 2 nitrogen and oxygen atoms in total. The van der Waals surface area contributed by atoms with Gasteiger partial charge in [0, 0.05) is 5.56 Å². The summed E-state index contributed by atoms with van der Waals surface area (Å²) in [5, 5.41) is 0. The molecule has 0 amide bonds. The minimum absolute atomic E-state index is 0.211. The second-order valence-electron chi connectivity index (χ2n) is 4.69. The van der Waals surface area contributed by atoms with Crippen LogP contribution in [0.4, 0.5) is 4.39 Å². The van der Waals surface area contributed by atoms with Crippen LogP contribution in [0.25, 0.3) is 0 Å². The zero-order valence-electron chi connectivity index (χ0n) is 8.92. The largest absolute Gasteiger partial charge is 0.235 e. The SMILES string of the molecule is O=C=NC1(c2cc3c(cc2F)CCC3)CC1. The lowest BCUT2D eigenvalue weighted by atomic mass is 9.99. The molecule has 1 fully saturated rings. The lowest BCUT2D eigenvalue weighted by Crippen LogP contribution is -2.07. The Morgan fingerprint density at radius 2 is 1.94 bits per heavy atom. The van der Waals surface area contributed by atoms with Gasteiger partial charge in [0.15, 0.2) is 0 Å². The molecule has 3 rings (SSSR count). The highest BCUT2D eigenvalue weighted by Gasteiger charge is 2.47. The van der Waals surface area contributed by atoms with Gasteiger partial charge in [-0.1, -0.05) is 6.07 Å². The third kappa shape index (κ3) is 1.32. The van der Waals surface area contributed by atoms with E-state index in [0.717, 1.165) is 37.7 Å². The van der Waals surface area contributed by atoms with E-state index in [4.69, 9.17) is 0 Å². The highest BCUT2D eigenvalue weighted by atomic mass is 19.1. The quantitative estimate of drug-likeness (QED) is 0.553. The van der Waals surface area contributed by atoms with E-state index >= 15 is 0 Å². The molecule has 3 heteroatoms. The molecule has 0 atom stereocenters. The predicted molar refractivity (Wildman–Crippen MR) is 57.5 cm³/mol. The first-order valence-corrected chi connectivity index (χ1v) is 5.66. The van der Waals surface area contributed by atoms with Crippen LogP contribution in [0.3, 0.4) is 0 Å². The number of aliphatic imine (C=N–C) groups is 1. The van der Waals surface area contributed by atoms with Gasteiger partial charge in [0.25, 0.3) is 0 Å². The molecule has 0 radical (unpaired) electrons. The van der Waals surface area contributed by atoms with Gasteiger partial charge >= 0.3 is 0 Å². The first-order chi connectivity index (χ1) is 7.75. The topological polar surface area (TPSA) is 29.4 Å².